The molecule has 0 spiro atoms. The van der Waals surface area contributed by atoms with Crippen LogP contribution in [-0.4, -0.2) is 22.0 Å². The summed E-state index contributed by atoms with van der Waals surface area (Å²) in [6.45, 7) is 0. The monoisotopic (exact) mass is 406 g/mol. The van der Waals surface area contributed by atoms with Gasteiger partial charge in [0, 0.05) is 27.6 Å². The van der Waals surface area contributed by atoms with Crippen LogP contribution < -0.4 is 0 Å². The van der Waals surface area contributed by atoms with Gasteiger partial charge in [-0.15, -0.1) is 11.3 Å². The van der Waals surface area contributed by atoms with Crippen molar-refractivity contribution in [2.24, 2.45) is 5.92 Å². The van der Waals surface area contributed by atoms with Crippen LogP contribution in [0.2, 0.25) is 0 Å². The number of aliphatic carboxylic acids is 1. The minimum atomic E-state index is -0.988. The van der Waals surface area contributed by atoms with Crippen LogP contribution >= 0.6 is 11.3 Å². The molecule has 2 N–H and O–H groups in total. The van der Waals surface area contributed by atoms with Gasteiger partial charge < -0.3 is 10.2 Å². The van der Waals surface area contributed by atoms with E-state index in [0.717, 1.165) is 63.4 Å². The van der Waals surface area contributed by atoms with E-state index >= 15 is 0 Å². The smallest absolute Gasteiger partial charge is 0.328 e. The molecule has 5 heteroatoms. The van der Waals surface area contributed by atoms with Crippen LogP contribution in [0.25, 0.3) is 27.3 Å². The molecule has 0 aliphatic heterocycles. The molecular formula is C24H22O4S. The van der Waals surface area contributed by atoms with Gasteiger partial charge >= 0.3 is 5.97 Å². The van der Waals surface area contributed by atoms with E-state index in [9.17, 15) is 14.7 Å². The summed E-state index contributed by atoms with van der Waals surface area (Å²) in [5.74, 6) is -0.522. The number of benzene rings is 2. The third-order valence-electron chi connectivity index (χ3n) is 5.49. The first-order valence-electron chi connectivity index (χ1n) is 9.84. The Morgan fingerprint density at radius 1 is 1.00 bits per heavy atom. The van der Waals surface area contributed by atoms with Crippen molar-refractivity contribution in [1.82, 2.24) is 0 Å². The van der Waals surface area contributed by atoms with Crippen LogP contribution in [0.4, 0.5) is 0 Å². The van der Waals surface area contributed by atoms with E-state index in [1.807, 2.05) is 30.3 Å². The first-order chi connectivity index (χ1) is 14.0. The van der Waals surface area contributed by atoms with Crippen molar-refractivity contribution in [3.63, 3.8) is 0 Å². The maximum Gasteiger partial charge on any atom is 0.328 e. The number of phenolic OH excluding ortho intramolecular Hbond substituents is 1. The van der Waals surface area contributed by atoms with Gasteiger partial charge in [0.15, 0.2) is 5.78 Å². The van der Waals surface area contributed by atoms with Crippen LogP contribution in [-0.2, 0) is 4.79 Å². The molecule has 29 heavy (non-hydrogen) atoms. The summed E-state index contributed by atoms with van der Waals surface area (Å²) in [5, 5.41) is 19.7. The van der Waals surface area contributed by atoms with E-state index in [1.54, 1.807) is 18.2 Å². The number of hydrogen-bond donors (Lipinski definition) is 2. The molecule has 2 aromatic carbocycles. The number of carbonyl (C=O) groups is 2. The van der Waals surface area contributed by atoms with Crippen molar-refractivity contribution in [1.29, 1.82) is 0 Å². The topological polar surface area (TPSA) is 74.6 Å². The third kappa shape index (κ3) is 4.10. The zero-order valence-corrected chi connectivity index (χ0v) is 16.7. The van der Waals surface area contributed by atoms with E-state index < -0.39 is 5.97 Å². The lowest BCUT2D eigenvalue weighted by Crippen LogP contribution is -2.17. The third-order valence-corrected chi connectivity index (χ3v) is 6.66. The highest BCUT2D eigenvalue weighted by molar-refractivity contribution is 7.21. The Morgan fingerprint density at radius 2 is 1.72 bits per heavy atom. The molecule has 0 radical (unpaired) electrons. The van der Waals surface area contributed by atoms with Crippen LogP contribution in [0.5, 0.6) is 5.75 Å². The second-order valence-corrected chi connectivity index (χ2v) is 8.53. The second-order valence-electron chi connectivity index (χ2n) is 7.48. The molecule has 0 bridgehead atoms. The Bertz CT molecular complexity index is 1090. The molecule has 1 fully saturated rings. The lowest BCUT2D eigenvalue weighted by molar-refractivity contribution is -0.131. The molecule has 1 aliphatic carbocycles. The summed E-state index contributed by atoms with van der Waals surface area (Å²) in [4.78, 5) is 24.8. The van der Waals surface area contributed by atoms with E-state index in [1.165, 1.54) is 17.8 Å². The van der Waals surface area contributed by atoms with Crippen LogP contribution in [0.15, 0.2) is 48.5 Å². The SMILES string of the molecule is O=C(O)/C=C/c1ccc(-c2c(C(=O)C3CCCCC3)sc3cc(O)ccc23)cc1. The molecule has 0 amide bonds. The van der Waals surface area contributed by atoms with Crippen LogP contribution in [0.1, 0.15) is 47.3 Å². The standard InChI is InChI=1S/C24H22O4S/c25-18-11-12-19-20(14-18)29-24(23(28)17-4-2-1-3-5-17)22(19)16-9-6-15(7-10-16)8-13-21(26)27/h6-14,17,25H,1-5H2,(H,26,27)/b13-8+. The number of carbonyl (C=O) groups excluding carboxylic acids is 1. The molecule has 1 aromatic heterocycles. The van der Waals surface area contributed by atoms with E-state index in [-0.39, 0.29) is 17.5 Å². The number of hydrogen-bond acceptors (Lipinski definition) is 4. The first kappa shape index (κ1) is 19.4. The number of fused-ring (bicyclic) bond motifs is 1. The Balaban J connectivity index is 1.79. The number of carboxylic acid groups (broad SMARTS) is 1. The van der Waals surface area contributed by atoms with E-state index in [4.69, 9.17) is 5.11 Å². The summed E-state index contributed by atoms with van der Waals surface area (Å²) < 4.78 is 0.897. The first-order valence-corrected chi connectivity index (χ1v) is 10.7. The Morgan fingerprint density at radius 3 is 2.41 bits per heavy atom. The zero-order chi connectivity index (χ0) is 20.4. The maximum absolute atomic E-state index is 13.4. The van der Waals surface area contributed by atoms with Gasteiger partial charge in [0.2, 0.25) is 0 Å². The predicted molar refractivity (Wildman–Crippen MR) is 117 cm³/mol. The summed E-state index contributed by atoms with van der Waals surface area (Å²) in [6.07, 6.45) is 7.93. The molecule has 1 heterocycles. The van der Waals surface area contributed by atoms with Gasteiger partial charge in [0.1, 0.15) is 5.75 Å². The fraction of sp³-hybridized carbons (Fsp3) is 0.250. The van der Waals surface area contributed by atoms with Gasteiger partial charge in [-0.3, -0.25) is 4.79 Å². The molecule has 0 atom stereocenters. The molecular weight excluding hydrogens is 384 g/mol. The highest BCUT2D eigenvalue weighted by atomic mass is 32.1. The summed E-state index contributed by atoms with van der Waals surface area (Å²) in [7, 11) is 0. The van der Waals surface area contributed by atoms with Gasteiger partial charge in [-0.25, -0.2) is 4.79 Å². The molecule has 148 valence electrons. The molecule has 4 rings (SSSR count). The van der Waals surface area contributed by atoms with E-state index in [0.29, 0.717) is 0 Å². The molecule has 3 aromatic rings. The van der Waals surface area contributed by atoms with Gasteiger partial charge in [-0.1, -0.05) is 43.5 Å². The van der Waals surface area contributed by atoms with Crippen molar-refractivity contribution in [2.75, 3.05) is 0 Å². The average molecular weight is 407 g/mol. The Labute approximate surface area is 173 Å². The normalized spacial score (nSPS) is 15.2. The van der Waals surface area contributed by atoms with Crippen LogP contribution in [0, 0.1) is 5.92 Å². The Hall–Kier alpha value is -2.92. The second kappa shape index (κ2) is 8.21. The lowest BCUT2D eigenvalue weighted by Gasteiger charge is -2.20. The summed E-state index contributed by atoms with van der Waals surface area (Å²) in [6, 6.07) is 12.8. The number of phenols is 1. The fourth-order valence-electron chi connectivity index (χ4n) is 4.02. The molecule has 4 nitrogen and oxygen atoms in total. The van der Waals surface area contributed by atoms with E-state index in [2.05, 4.69) is 0 Å². The van der Waals surface area contributed by atoms with Gasteiger partial charge in [-0.2, -0.15) is 0 Å². The number of aromatic hydroxyl groups is 1. The van der Waals surface area contributed by atoms with Crippen molar-refractivity contribution < 1.29 is 19.8 Å². The lowest BCUT2D eigenvalue weighted by atomic mass is 9.84. The highest BCUT2D eigenvalue weighted by Gasteiger charge is 2.27. The number of ketones is 1. The number of Topliss-reactive ketones (excluding diaryl/α,β-unsaturated/α-hetero) is 1. The fourth-order valence-corrected chi connectivity index (χ4v) is 5.30. The minimum absolute atomic E-state index is 0.0712. The minimum Gasteiger partial charge on any atom is -0.508 e. The van der Waals surface area contributed by atoms with Gasteiger partial charge in [0.05, 0.1) is 4.88 Å². The molecule has 0 saturated heterocycles. The quantitative estimate of drug-likeness (QED) is 0.394. The number of rotatable bonds is 5. The summed E-state index contributed by atoms with van der Waals surface area (Å²) >= 11 is 1.45. The van der Waals surface area contributed by atoms with Gasteiger partial charge in [-0.05, 0) is 48.2 Å². The largest absolute Gasteiger partial charge is 0.508 e. The number of thiophene rings is 1. The zero-order valence-electron chi connectivity index (χ0n) is 15.9. The molecule has 1 saturated carbocycles. The van der Waals surface area contributed by atoms with Crippen molar-refractivity contribution in [2.45, 2.75) is 32.1 Å². The summed E-state index contributed by atoms with van der Waals surface area (Å²) in [5.41, 5.74) is 2.62. The number of carboxylic acids is 1. The highest BCUT2D eigenvalue weighted by Crippen LogP contribution is 2.42. The van der Waals surface area contributed by atoms with Crippen molar-refractivity contribution >= 4 is 39.3 Å². The predicted octanol–water partition coefficient (Wildman–Crippen LogP) is 6.13. The van der Waals surface area contributed by atoms with Crippen molar-refractivity contribution in [3.8, 4) is 16.9 Å². The van der Waals surface area contributed by atoms with Gasteiger partial charge in [0.25, 0.3) is 0 Å². The van der Waals surface area contributed by atoms with Crippen LogP contribution in [0.3, 0.4) is 0 Å². The maximum atomic E-state index is 13.4. The Kier molecular flexibility index (Phi) is 5.49. The average Bonchev–Trinajstić information content (AvgIpc) is 3.11. The molecule has 1 aliphatic rings. The molecule has 0 unspecified atom stereocenters. The van der Waals surface area contributed by atoms with Crippen molar-refractivity contribution in [3.05, 3.63) is 59.0 Å².